The number of aryl methyl sites for hydroxylation is 1. The number of thiophene rings is 1. The molecule has 0 saturated carbocycles. The van der Waals surface area contributed by atoms with Crippen molar-refractivity contribution < 1.29 is 4.79 Å². The van der Waals surface area contributed by atoms with Gasteiger partial charge in [-0.25, -0.2) is 0 Å². The van der Waals surface area contributed by atoms with Crippen LogP contribution in [-0.2, 0) is 11.3 Å². The number of nitrogens with one attached hydrogen (secondary N) is 1. The van der Waals surface area contributed by atoms with Crippen molar-refractivity contribution in [2.24, 2.45) is 0 Å². The quantitative estimate of drug-likeness (QED) is 0.781. The Morgan fingerprint density at radius 3 is 2.90 bits per heavy atom. The summed E-state index contributed by atoms with van der Waals surface area (Å²) in [5, 5.41) is 10.3. The number of amides is 1. The van der Waals surface area contributed by atoms with Crippen molar-refractivity contribution in [3.8, 4) is 0 Å². The molecule has 0 fully saturated rings. The van der Waals surface area contributed by atoms with Gasteiger partial charge in [0.05, 0.1) is 17.1 Å². The van der Waals surface area contributed by atoms with Crippen molar-refractivity contribution in [3.63, 3.8) is 0 Å². The van der Waals surface area contributed by atoms with E-state index in [0.717, 1.165) is 22.5 Å². The lowest BCUT2D eigenvalue weighted by atomic mass is 10.2. The zero-order valence-corrected chi connectivity index (χ0v) is 12.7. The summed E-state index contributed by atoms with van der Waals surface area (Å²) in [4.78, 5) is 12.1. The molecule has 3 aromatic rings. The van der Waals surface area contributed by atoms with E-state index in [9.17, 15) is 4.79 Å². The van der Waals surface area contributed by atoms with Gasteiger partial charge in [-0.05, 0) is 48.9 Å². The summed E-state index contributed by atoms with van der Waals surface area (Å²) in [7, 11) is 0. The molecule has 0 spiro atoms. The van der Waals surface area contributed by atoms with Crippen molar-refractivity contribution in [1.29, 1.82) is 0 Å². The minimum atomic E-state index is -0.116. The summed E-state index contributed by atoms with van der Waals surface area (Å²) >= 11 is 1.68. The summed E-state index contributed by atoms with van der Waals surface area (Å²) < 4.78 is 2.84. The number of hydrogen-bond donors (Lipinski definition) is 2. The summed E-state index contributed by atoms with van der Waals surface area (Å²) in [6, 6.07) is 7.93. The first-order chi connectivity index (χ1) is 10.0. The van der Waals surface area contributed by atoms with E-state index >= 15 is 0 Å². The zero-order chi connectivity index (χ0) is 15.0. The minimum Gasteiger partial charge on any atom is -0.396 e. The monoisotopic (exact) mass is 300 g/mol. The maximum atomic E-state index is 12.1. The molecular formula is C15H16N4OS. The molecule has 0 unspecified atom stereocenters. The lowest BCUT2D eigenvalue weighted by Gasteiger charge is -2.07. The van der Waals surface area contributed by atoms with E-state index in [2.05, 4.69) is 10.4 Å². The lowest BCUT2D eigenvalue weighted by Crippen LogP contribution is -2.20. The van der Waals surface area contributed by atoms with Gasteiger partial charge in [0.1, 0.15) is 6.54 Å². The van der Waals surface area contributed by atoms with Gasteiger partial charge in [0.15, 0.2) is 0 Å². The molecule has 6 heteroatoms. The van der Waals surface area contributed by atoms with E-state index in [4.69, 9.17) is 5.73 Å². The number of carbonyl (C=O) groups is 1. The van der Waals surface area contributed by atoms with Gasteiger partial charge in [0, 0.05) is 10.4 Å². The molecule has 0 bridgehead atoms. The maximum absolute atomic E-state index is 12.1. The molecule has 0 atom stereocenters. The Hall–Kier alpha value is -2.34. The SMILES string of the molecule is Cc1nn(CC(=O)Nc2ccc3sccc3c2)c(C)c1N. The third-order valence-corrected chi connectivity index (χ3v) is 4.36. The second kappa shape index (κ2) is 5.21. The van der Waals surface area contributed by atoms with Gasteiger partial charge in [-0.3, -0.25) is 9.48 Å². The molecule has 1 aromatic carbocycles. The van der Waals surface area contributed by atoms with Crippen LogP contribution in [0.2, 0.25) is 0 Å². The van der Waals surface area contributed by atoms with Crippen LogP contribution in [0.3, 0.4) is 0 Å². The summed E-state index contributed by atoms with van der Waals surface area (Å²) in [5.41, 5.74) is 8.87. The van der Waals surface area contributed by atoms with E-state index < -0.39 is 0 Å². The van der Waals surface area contributed by atoms with Gasteiger partial charge in [-0.2, -0.15) is 5.10 Å². The Morgan fingerprint density at radius 1 is 1.38 bits per heavy atom. The van der Waals surface area contributed by atoms with Gasteiger partial charge in [0.2, 0.25) is 5.91 Å². The number of nitrogens with zero attached hydrogens (tertiary/aromatic N) is 2. The minimum absolute atomic E-state index is 0.116. The average molecular weight is 300 g/mol. The smallest absolute Gasteiger partial charge is 0.246 e. The molecule has 0 saturated heterocycles. The van der Waals surface area contributed by atoms with Crippen LogP contribution in [0.5, 0.6) is 0 Å². The van der Waals surface area contributed by atoms with Crippen LogP contribution in [0, 0.1) is 13.8 Å². The first-order valence-corrected chi connectivity index (χ1v) is 7.49. The highest BCUT2D eigenvalue weighted by molar-refractivity contribution is 7.17. The predicted molar refractivity (Wildman–Crippen MR) is 86.6 cm³/mol. The molecular weight excluding hydrogens is 284 g/mol. The predicted octanol–water partition coefficient (Wildman–Crippen LogP) is 2.94. The van der Waals surface area contributed by atoms with E-state index in [1.807, 2.05) is 43.5 Å². The fraction of sp³-hybridized carbons (Fsp3) is 0.200. The number of aromatic nitrogens is 2. The number of anilines is 2. The van der Waals surface area contributed by atoms with Crippen molar-refractivity contribution in [3.05, 3.63) is 41.0 Å². The number of nitrogen functional groups attached to an aromatic ring is 1. The van der Waals surface area contributed by atoms with E-state index in [1.54, 1.807) is 16.0 Å². The number of rotatable bonds is 3. The normalized spacial score (nSPS) is 11.0. The van der Waals surface area contributed by atoms with Crippen LogP contribution < -0.4 is 11.1 Å². The van der Waals surface area contributed by atoms with Crippen LogP contribution >= 0.6 is 11.3 Å². The maximum Gasteiger partial charge on any atom is 0.246 e. The molecule has 3 rings (SSSR count). The Labute approximate surface area is 126 Å². The third-order valence-electron chi connectivity index (χ3n) is 3.47. The van der Waals surface area contributed by atoms with E-state index in [1.165, 1.54) is 4.70 Å². The molecule has 0 radical (unpaired) electrons. The number of fused-ring (bicyclic) bond motifs is 1. The summed E-state index contributed by atoms with van der Waals surface area (Å²) in [6.07, 6.45) is 0. The lowest BCUT2D eigenvalue weighted by molar-refractivity contribution is -0.116. The Bertz CT molecular complexity index is 818. The van der Waals surface area contributed by atoms with Crippen molar-refractivity contribution >= 4 is 38.7 Å². The third kappa shape index (κ3) is 2.62. The number of nitrogens with two attached hydrogens (primary N) is 1. The van der Waals surface area contributed by atoms with Crippen LogP contribution in [-0.4, -0.2) is 15.7 Å². The van der Waals surface area contributed by atoms with Crippen LogP contribution in [0.4, 0.5) is 11.4 Å². The van der Waals surface area contributed by atoms with Crippen LogP contribution in [0.25, 0.3) is 10.1 Å². The molecule has 0 aliphatic heterocycles. The van der Waals surface area contributed by atoms with E-state index in [0.29, 0.717) is 5.69 Å². The highest BCUT2D eigenvalue weighted by atomic mass is 32.1. The molecule has 5 nitrogen and oxygen atoms in total. The Kier molecular flexibility index (Phi) is 3.39. The van der Waals surface area contributed by atoms with Crippen LogP contribution in [0.15, 0.2) is 29.6 Å². The largest absolute Gasteiger partial charge is 0.396 e. The Morgan fingerprint density at radius 2 is 2.19 bits per heavy atom. The number of benzene rings is 1. The second-order valence-electron chi connectivity index (χ2n) is 4.96. The fourth-order valence-corrected chi connectivity index (χ4v) is 3.02. The number of hydrogen-bond acceptors (Lipinski definition) is 4. The Balaban J connectivity index is 1.75. The molecule has 0 aliphatic rings. The first kappa shape index (κ1) is 13.6. The molecule has 3 N–H and O–H groups in total. The molecule has 108 valence electrons. The van der Waals surface area contributed by atoms with Gasteiger partial charge >= 0.3 is 0 Å². The highest BCUT2D eigenvalue weighted by Gasteiger charge is 2.11. The highest BCUT2D eigenvalue weighted by Crippen LogP contribution is 2.24. The summed E-state index contributed by atoms with van der Waals surface area (Å²) in [5.74, 6) is -0.116. The molecule has 21 heavy (non-hydrogen) atoms. The van der Waals surface area contributed by atoms with Gasteiger partial charge in [-0.1, -0.05) is 0 Å². The van der Waals surface area contributed by atoms with Crippen molar-refractivity contribution in [1.82, 2.24) is 9.78 Å². The molecule has 1 amide bonds. The molecule has 2 aromatic heterocycles. The zero-order valence-electron chi connectivity index (χ0n) is 11.9. The van der Waals surface area contributed by atoms with Gasteiger partial charge in [0.25, 0.3) is 0 Å². The van der Waals surface area contributed by atoms with E-state index in [-0.39, 0.29) is 12.5 Å². The topological polar surface area (TPSA) is 72.9 Å². The standard InChI is InChI=1S/C15H16N4OS/c1-9-15(16)10(2)19(18-9)8-14(20)17-12-3-4-13-11(7-12)5-6-21-13/h3-7H,8,16H2,1-2H3,(H,17,20). The average Bonchev–Trinajstić information content (AvgIpc) is 3.00. The van der Waals surface area contributed by atoms with Gasteiger partial charge in [-0.15, -0.1) is 11.3 Å². The van der Waals surface area contributed by atoms with Crippen LogP contribution in [0.1, 0.15) is 11.4 Å². The first-order valence-electron chi connectivity index (χ1n) is 6.61. The second-order valence-corrected chi connectivity index (χ2v) is 5.91. The molecule has 0 aliphatic carbocycles. The summed E-state index contributed by atoms with van der Waals surface area (Å²) in [6.45, 7) is 3.85. The van der Waals surface area contributed by atoms with Crippen molar-refractivity contribution in [2.75, 3.05) is 11.1 Å². The number of carbonyl (C=O) groups excluding carboxylic acids is 1. The fourth-order valence-electron chi connectivity index (χ4n) is 2.25. The molecule has 2 heterocycles. The van der Waals surface area contributed by atoms with Crippen molar-refractivity contribution in [2.45, 2.75) is 20.4 Å². The van der Waals surface area contributed by atoms with Gasteiger partial charge < -0.3 is 11.1 Å².